The van der Waals surface area contributed by atoms with Crippen LogP contribution in [-0.2, 0) is 0 Å². The SMILES string of the molecule is Nc1ccccc1-c1c(I)cnc2ccccc12. The van der Waals surface area contributed by atoms with Gasteiger partial charge in [0.1, 0.15) is 0 Å². The van der Waals surface area contributed by atoms with Gasteiger partial charge in [0.05, 0.1) is 5.52 Å². The van der Waals surface area contributed by atoms with Crippen molar-refractivity contribution in [3.05, 3.63) is 58.3 Å². The van der Waals surface area contributed by atoms with E-state index in [9.17, 15) is 0 Å². The molecule has 1 heterocycles. The molecule has 3 rings (SSSR count). The van der Waals surface area contributed by atoms with Gasteiger partial charge in [0, 0.05) is 32.0 Å². The maximum absolute atomic E-state index is 6.09. The van der Waals surface area contributed by atoms with Crippen LogP contribution in [0.3, 0.4) is 0 Å². The molecule has 0 atom stereocenters. The number of anilines is 1. The number of aromatic nitrogens is 1. The van der Waals surface area contributed by atoms with Crippen molar-refractivity contribution < 1.29 is 0 Å². The Morgan fingerprint density at radius 3 is 2.50 bits per heavy atom. The maximum Gasteiger partial charge on any atom is 0.0709 e. The Labute approximate surface area is 119 Å². The summed E-state index contributed by atoms with van der Waals surface area (Å²) in [5, 5.41) is 1.14. The molecule has 3 aromatic rings. The molecule has 0 aliphatic carbocycles. The second kappa shape index (κ2) is 4.57. The Kier molecular flexibility index (Phi) is 2.91. The third-order valence-corrected chi connectivity index (χ3v) is 3.78. The molecule has 0 unspecified atom stereocenters. The predicted molar refractivity (Wildman–Crippen MR) is 84.3 cm³/mol. The minimum atomic E-state index is 0.798. The third-order valence-electron chi connectivity index (χ3n) is 2.96. The molecule has 2 N–H and O–H groups in total. The summed E-state index contributed by atoms with van der Waals surface area (Å²) in [6.07, 6.45) is 1.89. The molecule has 0 saturated heterocycles. The van der Waals surface area contributed by atoms with Crippen LogP contribution < -0.4 is 5.73 Å². The van der Waals surface area contributed by atoms with Crippen molar-refractivity contribution >= 4 is 39.2 Å². The second-order valence-corrected chi connectivity index (χ2v) is 5.25. The highest BCUT2D eigenvalue weighted by Crippen LogP contribution is 2.34. The predicted octanol–water partition coefficient (Wildman–Crippen LogP) is 4.09. The minimum absolute atomic E-state index is 0.798. The first-order valence-corrected chi connectivity index (χ1v) is 6.73. The first kappa shape index (κ1) is 11.5. The number of pyridine rings is 1. The standard InChI is InChI=1S/C15H11IN2/c16-12-9-18-14-8-4-2-6-11(14)15(12)10-5-1-3-7-13(10)17/h1-9H,17H2. The number of halogens is 1. The summed E-state index contributed by atoms with van der Waals surface area (Å²) >= 11 is 2.31. The molecule has 2 aromatic carbocycles. The van der Waals surface area contributed by atoms with E-state index in [4.69, 9.17) is 5.73 Å². The molecule has 0 amide bonds. The van der Waals surface area contributed by atoms with Gasteiger partial charge in [-0.05, 0) is 34.7 Å². The fourth-order valence-corrected chi connectivity index (χ4v) is 2.84. The number of rotatable bonds is 1. The Morgan fingerprint density at radius 1 is 0.944 bits per heavy atom. The molecular weight excluding hydrogens is 335 g/mol. The van der Waals surface area contributed by atoms with Gasteiger partial charge < -0.3 is 5.73 Å². The van der Waals surface area contributed by atoms with Crippen LogP contribution in [0.5, 0.6) is 0 Å². The zero-order chi connectivity index (χ0) is 12.5. The highest BCUT2D eigenvalue weighted by molar-refractivity contribution is 14.1. The van der Waals surface area contributed by atoms with E-state index in [1.807, 2.05) is 42.6 Å². The van der Waals surface area contributed by atoms with Crippen molar-refractivity contribution in [2.75, 3.05) is 5.73 Å². The van der Waals surface area contributed by atoms with Crippen LogP contribution >= 0.6 is 22.6 Å². The molecule has 18 heavy (non-hydrogen) atoms. The summed E-state index contributed by atoms with van der Waals surface area (Å²) in [7, 11) is 0. The fourth-order valence-electron chi connectivity index (χ4n) is 2.12. The van der Waals surface area contributed by atoms with E-state index in [2.05, 4.69) is 39.7 Å². The Hall–Kier alpha value is -1.62. The van der Waals surface area contributed by atoms with E-state index < -0.39 is 0 Å². The van der Waals surface area contributed by atoms with Gasteiger partial charge in [0.15, 0.2) is 0 Å². The lowest BCUT2D eigenvalue weighted by molar-refractivity contribution is 1.39. The molecule has 0 saturated carbocycles. The van der Waals surface area contributed by atoms with Gasteiger partial charge in [0.2, 0.25) is 0 Å². The lowest BCUT2D eigenvalue weighted by Crippen LogP contribution is -1.93. The lowest BCUT2D eigenvalue weighted by atomic mass is 10.00. The van der Waals surface area contributed by atoms with Crippen LogP contribution in [0.2, 0.25) is 0 Å². The van der Waals surface area contributed by atoms with E-state index in [1.54, 1.807) is 0 Å². The Bertz CT molecular complexity index is 723. The average molecular weight is 346 g/mol. The number of nitrogens with two attached hydrogens (primary N) is 1. The van der Waals surface area contributed by atoms with Crippen LogP contribution in [0.25, 0.3) is 22.0 Å². The van der Waals surface area contributed by atoms with Crippen LogP contribution in [0.1, 0.15) is 0 Å². The number of hydrogen-bond donors (Lipinski definition) is 1. The van der Waals surface area contributed by atoms with E-state index in [0.717, 1.165) is 25.7 Å². The first-order chi connectivity index (χ1) is 8.77. The third kappa shape index (κ3) is 1.84. The summed E-state index contributed by atoms with van der Waals surface area (Å²) < 4.78 is 1.12. The number of para-hydroxylation sites is 2. The summed E-state index contributed by atoms with van der Waals surface area (Å²) in [5.74, 6) is 0. The van der Waals surface area contributed by atoms with Gasteiger partial charge in [-0.1, -0.05) is 36.4 Å². The van der Waals surface area contributed by atoms with Crippen molar-refractivity contribution in [3.8, 4) is 11.1 Å². The smallest absolute Gasteiger partial charge is 0.0709 e. The number of hydrogen-bond acceptors (Lipinski definition) is 2. The van der Waals surface area contributed by atoms with E-state index in [-0.39, 0.29) is 0 Å². The molecule has 3 heteroatoms. The highest BCUT2D eigenvalue weighted by atomic mass is 127. The Morgan fingerprint density at radius 2 is 1.67 bits per heavy atom. The molecule has 0 bridgehead atoms. The number of benzene rings is 2. The van der Waals surface area contributed by atoms with E-state index in [1.165, 1.54) is 5.56 Å². The van der Waals surface area contributed by atoms with Crippen molar-refractivity contribution in [2.24, 2.45) is 0 Å². The molecular formula is C15H11IN2. The molecule has 2 nitrogen and oxygen atoms in total. The number of nitrogen functional groups attached to an aromatic ring is 1. The van der Waals surface area contributed by atoms with Gasteiger partial charge in [-0.15, -0.1) is 0 Å². The van der Waals surface area contributed by atoms with Crippen molar-refractivity contribution in [2.45, 2.75) is 0 Å². The molecule has 0 spiro atoms. The van der Waals surface area contributed by atoms with E-state index >= 15 is 0 Å². The summed E-state index contributed by atoms with van der Waals surface area (Å²) in [5.41, 5.74) is 10.1. The summed E-state index contributed by atoms with van der Waals surface area (Å²) in [4.78, 5) is 4.45. The molecule has 0 radical (unpaired) electrons. The monoisotopic (exact) mass is 346 g/mol. The van der Waals surface area contributed by atoms with Gasteiger partial charge in [0.25, 0.3) is 0 Å². The molecule has 1 aromatic heterocycles. The molecule has 0 aliphatic rings. The minimum Gasteiger partial charge on any atom is -0.398 e. The summed E-state index contributed by atoms with van der Waals surface area (Å²) in [6, 6.07) is 16.1. The zero-order valence-electron chi connectivity index (χ0n) is 9.60. The van der Waals surface area contributed by atoms with Crippen LogP contribution in [0.4, 0.5) is 5.69 Å². The van der Waals surface area contributed by atoms with Gasteiger partial charge >= 0.3 is 0 Å². The largest absolute Gasteiger partial charge is 0.398 e. The summed E-state index contributed by atoms with van der Waals surface area (Å²) in [6.45, 7) is 0. The van der Waals surface area contributed by atoms with Crippen LogP contribution in [0.15, 0.2) is 54.7 Å². The van der Waals surface area contributed by atoms with Crippen LogP contribution in [-0.4, -0.2) is 4.98 Å². The van der Waals surface area contributed by atoms with Crippen molar-refractivity contribution in [1.29, 1.82) is 0 Å². The lowest BCUT2D eigenvalue weighted by Gasteiger charge is -2.11. The quantitative estimate of drug-likeness (QED) is 0.533. The van der Waals surface area contributed by atoms with Gasteiger partial charge in [-0.3, -0.25) is 4.98 Å². The number of nitrogens with zero attached hydrogens (tertiary/aromatic N) is 1. The van der Waals surface area contributed by atoms with Crippen molar-refractivity contribution in [3.63, 3.8) is 0 Å². The molecule has 0 aliphatic heterocycles. The average Bonchev–Trinajstić information content (AvgIpc) is 2.40. The van der Waals surface area contributed by atoms with Gasteiger partial charge in [-0.2, -0.15) is 0 Å². The normalized spacial score (nSPS) is 10.7. The number of fused-ring (bicyclic) bond motifs is 1. The van der Waals surface area contributed by atoms with Crippen molar-refractivity contribution in [1.82, 2.24) is 4.98 Å². The topological polar surface area (TPSA) is 38.9 Å². The molecule has 88 valence electrons. The first-order valence-electron chi connectivity index (χ1n) is 5.65. The Balaban J connectivity index is 2.42. The van der Waals surface area contributed by atoms with Gasteiger partial charge in [-0.25, -0.2) is 0 Å². The highest BCUT2D eigenvalue weighted by Gasteiger charge is 2.10. The second-order valence-electron chi connectivity index (χ2n) is 4.09. The maximum atomic E-state index is 6.09. The molecule has 0 fully saturated rings. The fraction of sp³-hybridized carbons (Fsp3) is 0. The zero-order valence-corrected chi connectivity index (χ0v) is 11.8. The van der Waals surface area contributed by atoms with Crippen LogP contribution in [0, 0.1) is 3.57 Å². The van der Waals surface area contributed by atoms with E-state index in [0.29, 0.717) is 0 Å².